The topological polar surface area (TPSA) is 53.6 Å². The maximum atomic E-state index is 4.23. The Morgan fingerprint density at radius 2 is 2.33 bits per heavy atom. The molecule has 1 fully saturated rings. The van der Waals surface area contributed by atoms with Gasteiger partial charge < -0.3 is 10.3 Å². The number of rotatable bonds is 1. The Morgan fingerprint density at radius 3 is 3.20 bits per heavy atom. The summed E-state index contributed by atoms with van der Waals surface area (Å²) in [6.07, 6.45) is 6.08. The maximum Gasteiger partial charge on any atom is 0.177 e. The molecular weight excluding hydrogens is 188 g/mol. The number of nitrogens with one attached hydrogen (secondary N) is 2. The van der Waals surface area contributed by atoms with E-state index in [1.54, 1.807) is 6.33 Å². The van der Waals surface area contributed by atoms with E-state index < -0.39 is 0 Å². The van der Waals surface area contributed by atoms with E-state index in [4.69, 9.17) is 0 Å². The molecule has 1 unspecified atom stereocenters. The van der Waals surface area contributed by atoms with Gasteiger partial charge >= 0.3 is 0 Å². The van der Waals surface area contributed by atoms with Crippen LogP contribution in [0.25, 0.3) is 11.2 Å². The monoisotopic (exact) mass is 202 g/mol. The van der Waals surface area contributed by atoms with Gasteiger partial charge in [-0.1, -0.05) is 0 Å². The van der Waals surface area contributed by atoms with Crippen molar-refractivity contribution in [3.05, 3.63) is 24.2 Å². The lowest BCUT2D eigenvalue weighted by Crippen LogP contribution is -2.28. The van der Waals surface area contributed by atoms with Crippen LogP contribution in [0.3, 0.4) is 0 Å². The first-order valence-corrected chi connectivity index (χ1v) is 5.44. The van der Waals surface area contributed by atoms with E-state index >= 15 is 0 Å². The van der Waals surface area contributed by atoms with Crippen molar-refractivity contribution in [1.29, 1.82) is 0 Å². The Balaban J connectivity index is 2.05. The Hall–Kier alpha value is -1.42. The lowest BCUT2D eigenvalue weighted by atomic mass is 9.92. The Bertz CT molecular complexity index is 456. The molecule has 0 bridgehead atoms. The molecule has 0 spiro atoms. The van der Waals surface area contributed by atoms with Gasteiger partial charge in [0.1, 0.15) is 0 Å². The van der Waals surface area contributed by atoms with E-state index in [0.29, 0.717) is 5.92 Å². The fourth-order valence-electron chi connectivity index (χ4n) is 2.33. The van der Waals surface area contributed by atoms with Gasteiger partial charge in [-0.3, -0.25) is 0 Å². The van der Waals surface area contributed by atoms with Gasteiger partial charge in [-0.2, -0.15) is 0 Å². The molecule has 1 atom stereocenters. The van der Waals surface area contributed by atoms with E-state index in [1.165, 1.54) is 18.4 Å². The van der Waals surface area contributed by atoms with Crippen LogP contribution >= 0.6 is 0 Å². The molecule has 0 aliphatic carbocycles. The minimum Gasteiger partial charge on any atom is -0.343 e. The Kier molecular flexibility index (Phi) is 2.14. The molecule has 4 heteroatoms. The molecule has 3 rings (SSSR count). The number of piperidine rings is 1. The number of nitrogens with zero attached hydrogens (tertiary/aromatic N) is 2. The van der Waals surface area contributed by atoms with E-state index in [1.807, 2.05) is 6.20 Å². The van der Waals surface area contributed by atoms with Crippen molar-refractivity contribution in [2.24, 2.45) is 0 Å². The molecule has 78 valence electrons. The predicted octanol–water partition coefficient (Wildman–Crippen LogP) is 1.42. The first kappa shape index (κ1) is 8.85. The fourth-order valence-corrected chi connectivity index (χ4v) is 2.33. The molecule has 0 radical (unpaired) electrons. The van der Waals surface area contributed by atoms with Crippen LogP contribution < -0.4 is 5.32 Å². The van der Waals surface area contributed by atoms with Crippen molar-refractivity contribution >= 4 is 11.2 Å². The smallest absolute Gasteiger partial charge is 0.177 e. The second kappa shape index (κ2) is 3.62. The van der Waals surface area contributed by atoms with Crippen LogP contribution in [0.4, 0.5) is 0 Å². The predicted molar refractivity (Wildman–Crippen MR) is 58.7 cm³/mol. The van der Waals surface area contributed by atoms with E-state index in [2.05, 4.69) is 26.3 Å². The third-order valence-electron chi connectivity index (χ3n) is 3.10. The number of aromatic nitrogens is 3. The summed E-state index contributed by atoms with van der Waals surface area (Å²) in [5.41, 5.74) is 3.29. The molecule has 1 aliphatic rings. The summed E-state index contributed by atoms with van der Waals surface area (Å²) in [4.78, 5) is 11.6. The number of hydrogen-bond acceptors (Lipinski definition) is 3. The SMILES string of the molecule is c1cc(C2CCCNC2)c2[nH]cnc2n1. The molecule has 15 heavy (non-hydrogen) atoms. The summed E-state index contributed by atoms with van der Waals surface area (Å²) >= 11 is 0. The average molecular weight is 202 g/mol. The highest BCUT2D eigenvalue weighted by atomic mass is 14.9. The molecule has 2 N–H and O–H groups in total. The molecule has 0 aromatic carbocycles. The highest BCUT2D eigenvalue weighted by Crippen LogP contribution is 2.27. The molecule has 1 aliphatic heterocycles. The number of pyridine rings is 1. The fraction of sp³-hybridized carbons (Fsp3) is 0.455. The van der Waals surface area contributed by atoms with Crippen LogP contribution in [-0.4, -0.2) is 28.0 Å². The van der Waals surface area contributed by atoms with Crippen molar-refractivity contribution in [2.45, 2.75) is 18.8 Å². The summed E-state index contributed by atoms with van der Waals surface area (Å²) < 4.78 is 0. The average Bonchev–Trinajstić information content (AvgIpc) is 2.78. The Labute approximate surface area is 88.1 Å². The molecule has 0 saturated carbocycles. The number of aromatic amines is 1. The minimum absolute atomic E-state index is 0.602. The van der Waals surface area contributed by atoms with Gasteiger partial charge in [-0.05, 0) is 36.9 Å². The minimum atomic E-state index is 0.602. The van der Waals surface area contributed by atoms with E-state index in [0.717, 1.165) is 24.3 Å². The van der Waals surface area contributed by atoms with Crippen molar-refractivity contribution < 1.29 is 0 Å². The molecule has 1 saturated heterocycles. The van der Waals surface area contributed by atoms with Crippen LogP contribution in [0.2, 0.25) is 0 Å². The van der Waals surface area contributed by atoms with Gasteiger partial charge in [-0.15, -0.1) is 0 Å². The van der Waals surface area contributed by atoms with E-state index in [-0.39, 0.29) is 0 Å². The quantitative estimate of drug-likeness (QED) is 0.735. The van der Waals surface area contributed by atoms with Crippen LogP contribution in [0.1, 0.15) is 24.3 Å². The standard InChI is InChI=1S/C11H14N4/c1-2-8(6-12-4-1)9-3-5-13-11-10(9)14-7-15-11/h3,5,7-8,12H,1-2,4,6H2,(H,13,14,15). The number of hydrogen-bond donors (Lipinski definition) is 2. The van der Waals surface area contributed by atoms with Gasteiger partial charge in [0.2, 0.25) is 0 Å². The van der Waals surface area contributed by atoms with Gasteiger partial charge in [-0.25, -0.2) is 9.97 Å². The van der Waals surface area contributed by atoms with Gasteiger partial charge in [0.05, 0.1) is 11.8 Å². The van der Waals surface area contributed by atoms with Crippen LogP contribution in [0.15, 0.2) is 18.6 Å². The number of H-pyrrole nitrogens is 1. The maximum absolute atomic E-state index is 4.23. The molecule has 2 aromatic heterocycles. The molecule has 3 heterocycles. The first-order valence-electron chi connectivity index (χ1n) is 5.44. The van der Waals surface area contributed by atoms with E-state index in [9.17, 15) is 0 Å². The van der Waals surface area contributed by atoms with Gasteiger partial charge in [0, 0.05) is 12.7 Å². The first-order chi connectivity index (χ1) is 7.45. The lowest BCUT2D eigenvalue weighted by molar-refractivity contribution is 0.463. The van der Waals surface area contributed by atoms with Crippen LogP contribution in [0.5, 0.6) is 0 Å². The van der Waals surface area contributed by atoms with Crippen LogP contribution in [-0.2, 0) is 0 Å². The second-order valence-corrected chi connectivity index (χ2v) is 4.04. The second-order valence-electron chi connectivity index (χ2n) is 4.04. The highest BCUT2D eigenvalue weighted by Gasteiger charge is 2.18. The lowest BCUT2D eigenvalue weighted by Gasteiger charge is -2.23. The summed E-state index contributed by atoms with van der Waals surface area (Å²) in [6.45, 7) is 2.21. The van der Waals surface area contributed by atoms with Gasteiger partial charge in [0.15, 0.2) is 5.65 Å². The molecule has 4 nitrogen and oxygen atoms in total. The highest BCUT2D eigenvalue weighted by molar-refractivity contribution is 5.74. The third-order valence-corrected chi connectivity index (χ3v) is 3.10. The summed E-state index contributed by atoms with van der Waals surface area (Å²) in [6, 6.07) is 2.11. The van der Waals surface area contributed by atoms with Crippen molar-refractivity contribution in [3.63, 3.8) is 0 Å². The zero-order valence-electron chi connectivity index (χ0n) is 8.53. The van der Waals surface area contributed by atoms with Gasteiger partial charge in [0.25, 0.3) is 0 Å². The van der Waals surface area contributed by atoms with Crippen molar-refractivity contribution in [1.82, 2.24) is 20.3 Å². The van der Waals surface area contributed by atoms with Crippen molar-refractivity contribution in [3.8, 4) is 0 Å². The van der Waals surface area contributed by atoms with Crippen molar-refractivity contribution in [2.75, 3.05) is 13.1 Å². The number of fused-ring (bicyclic) bond motifs is 1. The summed E-state index contributed by atoms with van der Waals surface area (Å²) in [7, 11) is 0. The molecule has 2 aromatic rings. The Morgan fingerprint density at radius 1 is 1.33 bits per heavy atom. The largest absolute Gasteiger partial charge is 0.343 e. The number of imidazole rings is 1. The normalized spacial score (nSPS) is 22.0. The zero-order chi connectivity index (χ0) is 10.1. The van der Waals surface area contributed by atoms with Crippen LogP contribution in [0, 0.1) is 0 Å². The zero-order valence-corrected chi connectivity index (χ0v) is 8.53. The third kappa shape index (κ3) is 1.51. The molecule has 0 amide bonds. The summed E-state index contributed by atoms with van der Waals surface area (Å²) in [5.74, 6) is 0.602. The summed E-state index contributed by atoms with van der Waals surface area (Å²) in [5, 5.41) is 3.44. The molecular formula is C11H14N4.